The van der Waals surface area contributed by atoms with Crippen LogP contribution in [0.15, 0.2) is 18.2 Å². The highest BCUT2D eigenvalue weighted by Crippen LogP contribution is 2.29. The lowest BCUT2D eigenvalue weighted by Crippen LogP contribution is -2.02. The molecule has 1 heterocycles. The monoisotopic (exact) mass is 296 g/mol. The molecule has 0 radical (unpaired) electrons. The van der Waals surface area contributed by atoms with Crippen molar-refractivity contribution in [3.8, 4) is 5.75 Å². The van der Waals surface area contributed by atoms with E-state index in [1.165, 1.54) is 4.88 Å². The standard InChI is InChI=1S/C14H17ClN2OS/c1-4-18-13-6-5-11(15)7-12(13)16-8-14-9(2)17-10(3)19-14/h5-7,16H,4,8H2,1-3H3. The smallest absolute Gasteiger partial charge is 0.142 e. The molecule has 1 aromatic heterocycles. The van der Waals surface area contributed by atoms with Gasteiger partial charge in [0.15, 0.2) is 0 Å². The summed E-state index contributed by atoms with van der Waals surface area (Å²) in [6.07, 6.45) is 0. The summed E-state index contributed by atoms with van der Waals surface area (Å²) in [4.78, 5) is 5.66. The Labute approximate surface area is 122 Å². The second kappa shape index (κ2) is 6.26. The maximum Gasteiger partial charge on any atom is 0.142 e. The molecule has 0 fully saturated rings. The molecule has 102 valence electrons. The molecule has 0 saturated heterocycles. The van der Waals surface area contributed by atoms with E-state index in [0.717, 1.165) is 28.7 Å². The number of rotatable bonds is 5. The Bertz CT molecular complexity index is 569. The van der Waals surface area contributed by atoms with Crippen LogP contribution in [0, 0.1) is 13.8 Å². The van der Waals surface area contributed by atoms with Gasteiger partial charge in [0.1, 0.15) is 5.75 Å². The van der Waals surface area contributed by atoms with Gasteiger partial charge in [0.25, 0.3) is 0 Å². The molecule has 0 atom stereocenters. The fourth-order valence-electron chi connectivity index (χ4n) is 1.83. The Morgan fingerprint density at radius 3 is 2.79 bits per heavy atom. The van der Waals surface area contributed by atoms with Gasteiger partial charge < -0.3 is 10.1 Å². The summed E-state index contributed by atoms with van der Waals surface area (Å²) in [5.41, 5.74) is 2.00. The van der Waals surface area contributed by atoms with Gasteiger partial charge >= 0.3 is 0 Å². The maximum atomic E-state index is 6.03. The second-order valence-electron chi connectivity index (χ2n) is 4.17. The number of ether oxygens (including phenoxy) is 1. The summed E-state index contributed by atoms with van der Waals surface area (Å²) >= 11 is 7.74. The number of aromatic nitrogens is 1. The Hall–Kier alpha value is -1.26. The van der Waals surface area contributed by atoms with Crippen molar-refractivity contribution in [1.29, 1.82) is 0 Å². The molecule has 19 heavy (non-hydrogen) atoms. The number of anilines is 1. The molecular weight excluding hydrogens is 280 g/mol. The zero-order valence-corrected chi connectivity index (χ0v) is 12.9. The van der Waals surface area contributed by atoms with E-state index < -0.39 is 0 Å². The number of aryl methyl sites for hydroxylation is 2. The van der Waals surface area contributed by atoms with Crippen molar-refractivity contribution in [2.24, 2.45) is 0 Å². The molecule has 3 nitrogen and oxygen atoms in total. The van der Waals surface area contributed by atoms with E-state index in [9.17, 15) is 0 Å². The number of benzene rings is 1. The van der Waals surface area contributed by atoms with Gasteiger partial charge in [0.05, 0.1) is 29.5 Å². The molecule has 0 spiro atoms. The van der Waals surface area contributed by atoms with Crippen molar-refractivity contribution in [1.82, 2.24) is 4.98 Å². The highest BCUT2D eigenvalue weighted by Gasteiger charge is 2.08. The van der Waals surface area contributed by atoms with E-state index >= 15 is 0 Å². The van der Waals surface area contributed by atoms with Crippen LogP contribution in [0.25, 0.3) is 0 Å². The first-order valence-electron chi connectivity index (χ1n) is 6.19. The van der Waals surface area contributed by atoms with Gasteiger partial charge in [-0.15, -0.1) is 11.3 Å². The Morgan fingerprint density at radius 2 is 2.16 bits per heavy atom. The van der Waals surface area contributed by atoms with Gasteiger partial charge in [-0.2, -0.15) is 0 Å². The molecule has 1 N–H and O–H groups in total. The molecule has 2 rings (SSSR count). The third-order valence-electron chi connectivity index (χ3n) is 2.68. The minimum absolute atomic E-state index is 0.634. The maximum absolute atomic E-state index is 6.03. The number of thiazole rings is 1. The highest BCUT2D eigenvalue weighted by molar-refractivity contribution is 7.11. The highest BCUT2D eigenvalue weighted by atomic mass is 35.5. The van der Waals surface area contributed by atoms with Crippen LogP contribution in [0.5, 0.6) is 5.75 Å². The molecule has 0 aliphatic heterocycles. The summed E-state index contributed by atoms with van der Waals surface area (Å²) in [5, 5.41) is 5.16. The van der Waals surface area contributed by atoms with Crippen LogP contribution in [0.1, 0.15) is 22.5 Å². The molecule has 5 heteroatoms. The predicted molar refractivity (Wildman–Crippen MR) is 81.5 cm³/mol. The van der Waals surface area contributed by atoms with Crippen molar-refractivity contribution in [3.05, 3.63) is 38.8 Å². The van der Waals surface area contributed by atoms with Crippen molar-refractivity contribution in [2.75, 3.05) is 11.9 Å². The number of halogens is 1. The van der Waals surface area contributed by atoms with Crippen LogP contribution >= 0.6 is 22.9 Å². The summed E-state index contributed by atoms with van der Waals surface area (Å²) in [6.45, 7) is 7.38. The lowest BCUT2D eigenvalue weighted by atomic mass is 10.3. The first-order valence-corrected chi connectivity index (χ1v) is 7.38. The van der Waals surface area contributed by atoms with E-state index in [-0.39, 0.29) is 0 Å². The average molecular weight is 297 g/mol. The third kappa shape index (κ3) is 3.61. The predicted octanol–water partition coefficient (Wildman–Crippen LogP) is 4.42. The lowest BCUT2D eigenvalue weighted by Gasteiger charge is -2.12. The lowest BCUT2D eigenvalue weighted by molar-refractivity contribution is 0.341. The number of nitrogens with zero attached hydrogens (tertiary/aromatic N) is 1. The van der Waals surface area contributed by atoms with Crippen LogP contribution < -0.4 is 10.1 Å². The average Bonchev–Trinajstić information content (AvgIpc) is 2.68. The van der Waals surface area contributed by atoms with Gasteiger partial charge in [-0.1, -0.05) is 11.6 Å². The normalized spacial score (nSPS) is 10.5. The van der Waals surface area contributed by atoms with Crippen LogP contribution in [0.4, 0.5) is 5.69 Å². The van der Waals surface area contributed by atoms with Gasteiger partial charge in [-0.25, -0.2) is 4.98 Å². The van der Waals surface area contributed by atoms with Crippen molar-refractivity contribution >= 4 is 28.6 Å². The van der Waals surface area contributed by atoms with Gasteiger partial charge in [0.2, 0.25) is 0 Å². The van der Waals surface area contributed by atoms with Gasteiger partial charge in [-0.3, -0.25) is 0 Å². The molecule has 0 unspecified atom stereocenters. The summed E-state index contributed by atoms with van der Waals surface area (Å²) in [5.74, 6) is 0.825. The Kier molecular flexibility index (Phi) is 4.66. The second-order valence-corrected chi connectivity index (χ2v) is 5.89. The largest absolute Gasteiger partial charge is 0.492 e. The first-order chi connectivity index (χ1) is 9.10. The zero-order valence-electron chi connectivity index (χ0n) is 11.3. The fraction of sp³-hybridized carbons (Fsp3) is 0.357. The van der Waals surface area contributed by atoms with E-state index in [1.807, 2.05) is 39.0 Å². The summed E-state index contributed by atoms with van der Waals surface area (Å²) in [7, 11) is 0. The molecule has 0 saturated carbocycles. The first kappa shape index (κ1) is 14.2. The third-order valence-corrected chi connectivity index (χ3v) is 3.99. The number of hydrogen-bond donors (Lipinski definition) is 1. The molecule has 1 aromatic carbocycles. The molecule has 0 amide bonds. The van der Waals surface area contributed by atoms with Crippen molar-refractivity contribution < 1.29 is 4.74 Å². The topological polar surface area (TPSA) is 34.1 Å². The molecule has 0 aliphatic carbocycles. The van der Waals surface area contributed by atoms with E-state index in [1.54, 1.807) is 11.3 Å². The van der Waals surface area contributed by atoms with E-state index in [2.05, 4.69) is 10.3 Å². The van der Waals surface area contributed by atoms with Crippen LogP contribution in [-0.4, -0.2) is 11.6 Å². The van der Waals surface area contributed by atoms with Crippen LogP contribution in [-0.2, 0) is 6.54 Å². The number of hydrogen-bond acceptors (Lipinski definition) is 4. The zero-order chi connectivity index (χ0) is 13.8. The number of nitrogens with one attached hydrogen (secondary N) is 1. The van der Waals surface area contributed by atoms with Crippen LogP contribution in [0.3, 0.4) is 0 Å². The summed E-state index contributed by atoms with van der Waals surface area (Å²) in [6, 6.07) is 5.61. The molecule has 0 aliphatic rings. The van der Waals surface area contributed by atoms with Gasteiger partial charge in [0, 0.05) is 9.90 Å². The fourth-order valence-corrected chi connectivity index (χ4v) is 2.88. The molecule has 0 bridgehead atoms. The van der Waals surface area contributed by atoms with E-state index in [0.29, 0.717) is 11.6 Å². The molecule has 2 aromatic rings. The minimum Gasteiger partial charge on any atom is -0.492 e. The molecular formula is C14H17ClN2OS. The van der Waals surface area contributed by atoms with Gasteiger partial charge in [-0.05, 0) is 39.0 Å². The Morgan fingerprint density at radius 1 is 1.37 bits per heavy atom. The minimum atomic E-state index is 0.634. The van der Waals surface area contributed by atoms with Crippen molar-refractivity contribution in [3.63, 3.8) is 0 Å². The van der Waals surface area contributed by atoms with Crippen LogP contribution in [0.2, 0.25) is 5.02 Å². The van der Waals surface area contributed by atoms with Crippen molar-refractivity contribution in [2.45, 2.75) is 27.3 Å². The Balaban J connectivity index is 2.14. The summed E-state index contributed by atoms with van der Waals surface area (Å²) < 4.78 is 5.58. The SMILES string of the molecule is CCOc1ccc(Cl)cc1NCc1sc(C)nc1C. The van der Waals surface area contributed by atoms with E-state index in [4.69, 9.17) is 16.3 Å². The quantitative estimate of drug-likeness (QED) is 0.886.